The van der Waals surface area contributed by atoms with E-state index in [2.05, 4.69) is 5.32 Å². The van der Waals surface area contributed by atoms with Gasteiger partial charge < -0.3 is 15.8 Å². The van der Waals surface area contributed by atoms with Gasteiger partial charge in [-0.1, -0.05) is 0 Å². The summed E-state index contributed by atoms with van der Waals surface area (Å²) < 4.78 is 0. The molecule has 3 N–H and O–H groups in total. The number of carboxylic acids is 1. The number of rotatable bonds is 5. The molecule has 0 spiro atoms. The molecule has 5 heteroatoms. The molecule has 1 fully saturated rings. The summed E-state index contributed by atoms with van der Waals surface area (Å²) in [4.78, 5) is 22.0. The summed E-state index contributed by atoms with van der Waals surface area (Å²) in [5.41, 5.74) is 0.456. The third-order valence-electron chi connectivity index (χ3n) is 3.21. The number of nitrogens with one attached hydrogen (secondary N) is 2. The van der Waals surface area contributed by atoms with Crippen LogP contribution in [0.1, 0.15) is 33.1 Å². The fourth-order valence-corrected chi connectivity index (χ4v) is 2.20. The first-order chi connectivity index (χ1) is 7.95. The summed E-state index contributed by atoms with van der Waals surface area (Å²) in [6, 6.07) is 0.137. The largest absolute Gasteiger partial charge is 0.478 e. The molecule has 0 aromatic heterocycles. The fraction of sp³-hybridized carbons (Fsp3) is 0.583. The van der Waals surface area contributed by atoms with Crippen molar-refractivity contribution in [3.63, 3.8) is 0 Å². The molecule has 0 radical (unpaired) electrons. The number of carbonyl (C=O) groups is 2. The fourth-order valence-electron chi connectivity index (χ4n) is 2.20. The van der Waals surface area contributed by atoms with Gasteiger partial charge >= 0.3 is 5.97 Å². The summed E-state index contributed by atoms with van der Waals surface area (Å²) in [6.45, 7) is 3.24. The van der Waals surface area contributed by atoms with Crippen molar-refractivity contribution >= 4 is 18.0 Å². The van der Waals surface area contributed by atoms with Crippen LogP contribution in [0.25, 0.3) is 0 Å². The van der Waals surface area contributed by atoms with Gasteiger partial charge in [0.15, 0.2) is 0 Å². The van der Waals surface area contributed by atoms with Crippen LogP contribution in [0.4, 0.5) is 0 Å². The highest BCUT2D eigenvalue weighted by atomic mass is 16.4. The minimum Gasteiger partial charge on any atom is -0.478 e. The van der Waals surface area contributed by atoms with Crippen molar-refractivity contribution in [1.82, 2.24) is 5.32 Å². The van der Waals surface area contributed by atoms with Crippen molar-refractivity contribution in [2.45, 2.75) is 39.2 Å². The molecule has 0 aromatic rings. The zero-order chi connectivity index (χ0) is 13.0. The van der Waals surface area contributed by atoms with Crippen LogP contribution in [-0.2, 0) is 9.59 Å². The van der Waals surface area contributed by atoms with Crippen LogP contribution in [0, 0.1) is 11.3 Å². The number of hydrogen-bond donors (Lipinski definition) is 3. The van der Waals surface area contributed by atoms with Crippen LogP contribution in [0.3, 0.4) is 0 Å². The molecule has 2 atom stereocenters. The van der Waals surface area contributed by atoms with E-state index in [-0.39, 0.29) is 23.3 Å². The zero-order valence-electron chi connectivity index (χ0n) is 10.1. The highest BCUT2D eigenvalue weighted by Gasteiger charge is 2.27. The Labute approximate surface area is 100 Å². The third-order valence-corrected chi connectivity index (χ3v) is 3.21. The molecule has 1 saturated carbocycles. The number of carboxylic acid groups (broad SMARTS) is 1. The van der Waals surface area contributed by atoms with Gasteiger partial charge in [0.1, 0.15) is 5.78 Å². The van der Waals surface area contributed by atoms with Crippen molar-refractivity contribution in [3.8, 4) is 0 Å². The van der Waals surface area contributed by atoms with Crippen molar-refractivity contribution in [2.24, 2.45) is 5.92 Å². The quantitative estimate of drug-likeness (QED) is 0.498. The first-order valence-corrected chi connectivity index (χ1v) is 5.67. The number of allylic oxidation sites excluding steroid dienone is 1. The maximum Gasteiger partial charge on any atom is 0.338 e. The Kier molecular flexibility index (Phi) is 4.43. The van der Waals surface area contributed by atoms with Crippen molar-refractivity contribution < 1.29 is 14.7 Å². The van der Waals surface area contributed by atoms with E-state index >= 15 is 0 Å². The van der Waals surface area contributed by atoms with Gasteiger partial charge in [0, 0.05) is 23.9 Å². The number of ketones is 1. The molecule has 1 aliphatic carbocycles. The van der Waals surface area contributed by atoms with E-state index in [1.54, 1.807) is 13.8 Å². The van der Waals surface area contributed by atoms with E-state index < -0.39 is 5.97 Å². The number of aliphatic carboxylic acids is 1. The van der Waals surface area contributed by atoms with Crippen molar-refractivity contribution in [1.29, 1.82) is 5.41 Å². The van der Waals surface area contributed by atoms with Crippen molar-refractivity contribution in [2.75, 3.05) is 0 Å². The standard InChI is InChI=1S/C12H18N2O3/c1-7(11(6-13)12(16)17)14-10-4-3-9(5-10)8(2)15/h6,9-10,13-14H,3-5H2,1-2H3,(H,16,17)/b11-7+,13-6?/t9-,10+/m0/s1. The summed E-state index contributed by atoms with van der Waals surface area (Å²) in [5.74, 6) is -0.818. The van der Waals surface area contributed by atoms with Gasteiger partial charge in [-0.15, -0.1) is 0 Å². The third kappa shape index (κ3) is 3.41. The SMILES string of the molecule is CC(=O)[C@H]1CC[C@@H](N/C(C)=C(\C=N)C(=O)O)C1. The van der Waals surface area contributed by atoms with Gasteiger partial charge in [0.25, 0.3) is 0 Å². The highest BCUT2D eigenvalue weighted by molar-refractivity contribution is 6.08. The maximum atomic E-state index is 11.2. The molecule has 5 nitrogen and oxygen atoms in total. The van der Waals surface area contributed by atoms with E-state index in [4.69, 9.17) is 10.5 Å². The lowest BCUT2D eigenvalue weighted by atomic mass is 10.0. The number of Topliss-reactive ketones (excluding diaryl/α,β-unsaturated/α-hetero) is 1. The van der Waals surface area contributed by atoms with Crippen LogP contribution in [0.15, 0.2) is 11.3 Å². The average molecular weight is 238 g/mol. The molecule has 0 aliphatic heterocycles. The van der Waals surface area contributed by atoms with Crippen LogP contribution < -0.4 is 5.32 Å². The van der Waals surface area contributed by atoms with Gasteiger partial charge in [-0.2, -0.15) is 0 Å². The molecule has 0 bridgehead atoms. The normalized spacial score (nSPS) is 25.1. The predicted molar refractivity (Wildman–Crippen MR) is 64.1 cm³/mol. The predicted octanol–water partition coefficient (Wildman–Crippen LogP) is 1.34. The molecule has 0 aromatic carbocycles. The van der Waals surface area contributed by atoms with Gasteiger partial charge in [-0.25, -0.2) is 4.79 Å². The van der Waals surface area contributed by atoms with Crippen molar-refractivity contribution in [3.05, 3.63) is 11.3 Å². The number of hydrogen-bond acceptors (Lipinski definition) is 4. The summed E-state index contributed by atoms with van der Waals surface area (Å²) in [7, 11) is 0. The summed E-state index contributed by atoms with van der Waals surface area (Å²) in [6.07, 6.45) is 3.30. The molecule has 0 amide bonds. The Morgan fingerprint density at radius 3 is 2.41 bits per heavy atom. The minimum absolute atomic E-state index is 0.0312. The lowest BCUT2D eigenvalue weighted by Crippen LogP contribution is -2.27. The minimum atomic E-state index is -1.11. The van der Waals surface area contributed by atoms with E-state index in [1.807, 2.05) is 0 Å². The number of carbonyl (C=O) groups excluding carboxylic acids is 1. The van der Waals surface area contributed by atoms with E-state index in [0.29, 0.717) is 5.70 Å². The van der Waals surface area contributed by atoms with Gasteiger partial charge in [-0.3, -0.25) is 4.79 Å². The van der Waals surface area contributed by atoms with E-state index in [1.165, 1.54) is 0 Å². The van der Waals surface area contributed by atoms with Crippen LogP contribution in [-0.4, -0.2) is 29.1 Å². The molecule has 0 unspecified atom stereocenters. The molecule has 0 saturated heterocycles. The first-order valence-electron chi connectivity index (χ1n) is 5.67. The lowest BCUT2D eigenvalue weighted by Gasteiger charge is -2.15. The van der Waals surface area contributed by atoms with Gasteiger partial charge in [0.2, 0.25) is 0 Å². The average Bonchev–Trinajstić information content (AvgIpc) is 2.66. The second kappa shape index (κ2) is 5.61. The summed E-state index contributed by atoms with van der Waals surface area (Å²) >= 11 is 0. The Morgan fingerprint density at radius 2 is 2.00 bits per heavy atom. The molecular weight excluding hydrogens is 220 g/mol. The highest BCUT2D eigenvalue weighted by Crippen LogP contribution is 2.26. The Bertz CT molecular complexity index is 374. The molecule has 17 heavy (non-hydrogen) atoms. The second-order valence-corrected chi connectivity index (χ2v) is 4.45. The first kappa shape index (κ1) is 13.4. The topological polar surface area (TPSA) is 90.3 Å². The smallest absolute Gasteiger partial charge is 0.338 e. The van der Waals surface area contributed by atoms with E-state index in [0.717, 1.165) is 25.5 Å². The molecule has 0 heterocycles. The van der Waals surface area contributed by atoms with Crippen LogP contribution in [0.5, 0.6) is 0 Å². The molecule has 94 valence electrons. The lowest BCUT2D eigenvalue weighted by molar-refractivity contribution is -0.132. The monoisotopic (exact) mass is 238 g/mol. The van der Waals surface area contributed by atoms with Crippen LogP contribution in [0.2, 0.25) is 0 Å². The van der Waals surface area contributed by atoms with Gasteiger partial charge in [0.05, 0.1) is 5.57 Å². The molecule has 1 aliphatic rings. The maximum absolute atomic E-state index is 11.2. The van der Waals surface area contributed by atoms with Crippen LogP contribution >= 0.6 is 0 Å². The Hall–Kier alpha value is -1.65. The molecular formula is C12H18N2O3. The van der Waals surface area contributed by atoms with E-state index in [9.17, 15) is 9.59 Å². The Morgan fingerprint density at radius 1 is 1.35 bits per heavy atom. The molecule has 1 rings (SSSR count). The summed E-state index contributed by atoms with van der Waals surface area (Å²) in [5, 5.41) is 19.0. The zero-order valence-corrected chi connectivity index (χ0v) is 10.1. The Balaban J connectivity index is 2.64. The van der Waals surface area contributed by atoms with Gasteiger partial charge in [-0.05, 0) is 33.1 Å². The second-order valence-electron chi connectivity index (χ2n) is 4.45.